The zero-order valence-electron chi connectivity index (χ0n) is 11.8. The van der Waals surface area contributed by atoms with Gasteiger partial charge in [-0.3, -0.25) is 4.79 Å². The lowest BCUT2D eigenvalue weighted by Crippen LogP contribution is -2.44. The number of halogens is 2. The third-order valence-corrected chi connectivity index (χ3v) is 4.01. The molecule has 0 fully saturated rings. The summed E-state index contributed by atoms with van der Waals surface area (Å²) in [5.74, 6) is -1.69. The lowest BCUT2D eigenvalue weighted by Gasteiger charge is -2.19. The fraction of sp³-hybridized carbons (Fsp3) is 0.333. The molecular weight excluding hydrogens is 313 g/mol. The van der Waals surface area contributed by atoms with E-state index in [0.717, 1.165) is 0 Å². The van der Waals surface area contributed by atoms with Crippen molar-refractivity contribution in [1.29, 1.82) is 0 Å². The SMILES string of the molecule is CCC(C)[C@H](NC(=O)C=Cc1cccc(Cl)c1Cl)C(=O)O. The molecule has 21 heavy (non-hydrogen) atoms. The second kappa shape index (κ2) is 8.05. The molecule has 0 aliphatic heterocycles. The normalized spacial score (nSPS) is 13.9. The van der Waals surface area contributed by atoms with E-state index in [1.54, 1.807) is 25.1 Å². The molecule has 0 aliphatic carbocycles. The molecule has 0 spiro atoms. The molecule has 1 aromatic carbocycles. The molecule has 0 aliphatic rings. The first kappa shape index (κ1) is 17.5. The Morgan fingerprint density at radius 2 is 2.05 bits per heavy atom. The van der Waals surface area contributed by atoms with Crippen molar-refractivity contribution < 1.29 is 14.7 Å². The molecule has 0 saturated carbocycles. The molecule has 1 rings (SSSR count). The summed E-state index contributed by atoms with van der Waals surface area (Å²) in [6.45, 7) is 3.64. The Labute approximate surface area is 133 Å². The van der Waals surface area contributed by atoms with E-state index >= 15 is 0 Å². The van der Waals surface area contributed by atoms with Crippen molar-refractivity contribution in [3.05, 3.63) is 39.9 Å². The molecule has 0 radical (unpaired) electrons. The molecule has 4 nitrogen and oxygen atoms in total. The summed E-state index contributed by atoms with van der Waals surface area (Å²) < 4.78 is 0. The monoisotopic (exact) mass is 329 g/mol. The summed E-state index contributed by atoms with van der Waals surface area (Å²) in [6.07, 6.45) is 3.40. The van der Waals surface area contributed by atoms with E-state index in [9.17, 15) is 9.59 Å². The van der Waals surface area contributed by atoms with E-state index in [4.69, 9.17) is 28.3 Å². The van der Waals surface area contributed by atoms with Crippen LogP contribution in [-0.4, -0.2) is 23.0 Å². The number of carbonyl (C=O) groups is 2. The Bertz CT molecular complexity index is 558. The van der Waals surface area contributed by atoms with Crippen molar-refractivity contribution in [3.8, 4) is 0 Å². The third kappa shape index (κ3) is 5.06. The van der Waals surface area contributed by atoms with Crippen LogP contribution in [0.5, 0.6) is 0 Å². The zero-order valence-corrected chi connectivity index (χ0v) is 13.3. The predicted octanol–water partition coefficient (Wildman–Crippen LogP) is 3.62. The van der Waals surface area contributed by atoms with Gasteiger partial charge in [-0.05, 0) is 23.6 Å². The first-order chi connectivity index (χ1) is 9.86. The number of aliphatic carboxylic acids is 1. The van der Waals surface area contributed by atoms with E-state index in [1.165, 1.54) is 12.2 Å². The maximum absolute atomic E-state index is 11.8. The van der Waals surface area contributed by atoms with Gasteiger partial charge in [0.15, 0.2) is 0 Å². The molecule has 2 atom stereocenters. The number of hydrogen-bond donors (Lipinski definition) is 2. The summed E-state index contributed by atoms with van der Waals surface area (Å²) in [6, 6.07) is 4.15. The zero-order chi connectivity index (χ0) is 16.0. The standard InChI is InChI=1S/C15H17Cl2NO3/c1-3-9(2)14(15(20)21)18-12(19)8-7-10-5-4-6-11(16)13(10)17/h4-9,14H,3H2,1-2H3,(H,18,19)(H,20,21)/t9?,14-/m0/s1. The summed E-state index contributed by atoms with van der Waals surface area (Å²) in [4.78, 5) is 22.9. The quantitative estimate of drug-likeness (QED) is 0.783. The minimum Gasteiger partial charge on any atom is -0.480 e. The van der Waals surface area contributed by atoms with E-state index in [0.29, 0.717) is 22.0 Å². The summed E-state index contributed by atoms with van der Waals surface area (Å²) in [5, 5.41) is 12.3. The van der Waals surface area contributed by atoms with Gasteiger partial charge in [0.1, 0.15) is 6.04 Å². The van der Waals surface area contributed by atoms with Crippen LogP contribution in [0.4, 0.5) is 0 Å². The number of amides is 1. The second-order valence-corrected chi connectivity index (χ2v) is 5.47. The van der Waals surface area contributed by atoms with Crippen LogP contribution in [-0.2, 0) is 9.59 Å². The Balaban J connectivity index is 2.78. The van der Waals surface area contributed by atoms with E-state index in [2.05, 4.69) is 5.32 Å². The van der Waals surface area contributed by atoms with Crippen molar-refractivity contribution in [1.82, 2.24) is 5.32 Å². The molecule has 0 saturated heterocycles. The lowest BCUT2D eigenvalue weighted by molar-refractivity contribution is -0.142. The van der Waals surface area contributed by atoms with Crippen LogP contribution in [0.2, 0.25) is 10.0 Å². The fourth-order valence-corrected chi connectivity index (χ4v) is 2.07. The highest BCUT2D eigenvalue weighted by molar-refractivity contribution is 6.42. The van der Waals surface area contributed by atoms with Crippen LogP contribution in [0, 0.1) is 5.92 Å². The summed E-state index contributed by atoms with van der Waals surface area (Å²) in [5.41, 5.74) is 0.592. The van der Waals surface area contributed by atoms with Gasteiger partial charge in [-0.1, -0.05) is 55.6 Å². The summed E-state index contributed by atoms with van der Waals surface area (Å²) >= 11 is 11.9. The van der Waals surface area contributed by atoms with E-state index in [1.807, 2.05) is 6.92 Å². The highest BCUT2D eigenvalue weighted by atomic mass is 35.5. The van der Waals surface area contributed by atoms with Gasteiger partial charge in [-0.2, -0.15) is 0 Å². The van der Waals surface area contributed by atoms with Crippen molar-refractivity contribution in [2.75, 3.05) is 0 Å². The Morgan fingerprint density at radius 3 is 2.62 bits per heavy atom. The maximum atomic E-state index is 11.8. The minimum atomic E-state index is -1.05. The Hall–Kier alpha value is -1.52. The molecule has 1 unspecified atom stereocenters. The van der Waals surface area contributed by atoms with Crippen molar-refractivity contribution >= 4 is 41.2 Å². The molecule has 2 N–H and O–H groups in total. The van der Waals surface area contributed by atoms with Gasteiger partial charge in [0.2, 0.25) is 5.91 Å². The smallest absolute Gasteiger partial charge is 0.326 e. The van der Waals surface area contributed by atoms with Crippen molar-refractivity contribution in [2.45, 2.75) is 26.3 Å². The number of carboxylic acid groups (broad SMARTS) is 1. The van der Waals surface area contributed by atoms with Gasteiger partial charge in [-0.15, -0.1) is 0 Å². The van der Waals surface area contributed by atoms with Gasteiger partial charge >= 0.3 is 5.97 Å². The van der Waals surface area contributed by atoms with Gasteiger partial charge in [0, 0.05) is 6.08 Å². The van der Waals surface area contributed by atoms with E-state index < -0.39 is 17.9 Å². The first-order valence-corrected chi connectivity index (χ1v) is 7.27. The maximum Gasteiger partial charge on any atom is 0.326 e. The second-order valence-electron chi connectivity index (χ2n) is 4.69. The predicted molar refractivity (Wildman–Crippen MR) is 84.5 cm³/mol. The fourth-order valence-electron chi connectivity index (χ4n) is 1.70. The molecular formula is C15H17Cl2NO3. The third-order valence-electron chi connectivity index (χ3n) is 3.17. The Morgan fingerprint density at radius 1 is 1.38 bits per heavy atom. The molecule has 0 aromatic heterocycles. The molecule has 114 valence electrons. The average molecular weight is 330 g/mol. The van der Waals surface area contributed by atoms with Crippen molar-refractivity contribution in [3.63, 3.8) is 0 Å². The topological polar surface area (TPSA) is 66.4 Å². The lowest BCUT2D eigenvalue weighted by atomic mass is 9.99. The van der Waals surface area contributed by atoms with Crippen LogP contribution >= 0.6 is 23.2 Å². The summed E-state index contributed by atoms with van der Waals surface area (Å²) in [7, 11) is 0. The average Bonchev–Trinajstić information content (AvgIpc) is 2.45. The number of benzene rings is 1. The largest absolute Gasteiger partial charge is 0.480 e. The van der Waals surface area contributed by atoms with Crippen LogP contribution in [0.3, 0.4) is 0 Å². The Kier molecular flexibility index (Phi) is 6.72. The van der Waals surface area contributed by atoms with Crippen LogP contribution < -0.4 is 5.32 Å². The highest BCUT2D eigenvalue weighted by Gasteiger charge is 2.24. The first-order valence-electron chi connectivity index (χ1n) is 6.52. The molecule has 0 bridgehead atoms. The van der Waals surface area contributed by atoms with Crippen LogP contribution in [0.25, 0.3) is 6.08 Å². The van der Waals surface area contributed by atoms with Gasteiger partial charge in [-0.25, -0.2) is 4.79 Å². The molecule has 0 heterocycles. The van der Waals surface area contributed by atoms with Gasteiger partial charge in [0.25, 0.3) is 0 Å². The number of nitrogens with one attached hydrogen (secondary N) is 1. The number of carboxylic acids is 1. The number of hydrogen-bond acceptors (Lipinski definition) is 2. The minimum absolute atomic E-state index is 0.158. The molecule has 1 amide bonds. The van der Waals surface area contributed by atoms with Gasteiger partial charge in [0.05, 0.1) is 10.0 Å². The van der Waals surface area contributed by atoms with Crippen molar-refractivity contribution in [2.24, 2.45) is 5.92 Å². The number of carbonyl (C=O) groups excluding carboxylic acids is 1. The van der Waals surface area contributed by atoms with Gasteiger partial charge < -0.3 is 10.4 Å². The highest BCUT2D eigenvalue weighted by Crippen LogP contribution is 2.26. The molecule has 6 heteroatoms. The van der Waals surface area contributed by atoms with E-state index in [-0.39, 0.29) is 5.92 Å². The van der Waals surface area contributed by atoms with Crippen LogP contribution in [0.1, 0.15) is 25.8 Å². The number of rotatable bonds is 6. The molecule has 1 aromatic rings. The van der Waals surface area contributed by atoms with Crippen LogP contribution in [0.15, 0.2) is 24.3 Å².